The Morgan fingerprint density at radius 2 is 2.08 bits per heavy atom. The number of aryl methyl sites for hydroxylation is 2. The van der Waals surface area contributed by atoms with Crippen LogP contribution < -0.4 is 10.1 Å². The van der Waals surface area contributed by atoms with Crippen LogP contribution in [0.15, 0.2) is 18.2 Å². The lowest BCUT2D eigenvalue weighted by atomic mass is 10.2. The molecule has 0 atom stereocenters. The largest absolute Gasteiger partial charge is 0.433 e. The van der Waals surface area contributed by atoms with Crippen LogP contribution in [0.1, 0.15) is 17.0 Å². The third-order valence-corrected chi connectivity index (χ3v) is 3.45. The molecule has 0 aliphatic heterocycles. The zero-order valence-electron chi connectivity index (χ0n) is 13.7. The van der Waals surface area contributed by atoms with Gasteiger partial charge in [0, 0.05) is 0 Å². The minimum Gasteiger partial charge on any atom is -0.433 e. The van der Waals surface area contributed by atoms with Crippen molar-refractivity contribution in [3.05, 3.63) is 45.3 Å². The smallest absolute Gasteiger partial charge is 0.387 e. The van der Waals surface area contributed by atoms with Gasteiger partial charge in [-0.15, -0.1) is 0 Å². The molecule has 0 radical (unpaired) electrons. The van der Waals surface area contributed by atoms with E-state index in [1.807, 2.05) is 0 Å². The number of anilines is 1. The number of alkyl halides is 2. The molecule has 0 fully saturated rings. The first-order chi connectivity index (χ1) is 11.7. The molecule has 8 nitrogen and oxygen atoms in total. The predicted octanol–water partition coefficient (Wildman–Crippen LogP) is 2.96. The Balaban J connectivity index is 2.19. The van der Waals surface area contributed by atoms with Crippen LogP contribution in [0.3, 0.4) is 0 Å². The maximum absolute atomic E-state index is 12.5. The average molecular weight is 354 g/mol. The van der Waals surface area contributed by atoms with Gasteiger partial charge in [0.1, 0.15) is 23.7 Å². The van der Waals surface area contributed by atoms with Crippen molar-refractivity contribution in [1.82, 2.24) is 9.78 Å². The van der Waals surface area contributed by atoms with Gasteiger partial charge in [0.2, 0.25) is 5.91 Å². The quantitative estimate of drug-likeness (QED) is 0.635. The highest BCUT2D eigenvalue weighted by Gasteiger charge is 2.23. The van der Waals surface area contributed by atoms with Crippen molar-refractivity contribution in [3.63, 3.8) is 0 Å². The van der Waals surface area contributed by atoms with E-state index in [0.717, 1.165) is 0 Å². The average Bonchev–Trinajstić information content (AvgIpc) is 2.75. The molecule has 0 aliphatic carbocycles. The van der Waals surface area contributed by atoms with Crippen molar-refractivity contribution in [3.8, 4) is 5.75 Å². The first-order valence-electron chi connectivity index (χ1n) is 7.22. The Kier molecular flexibility index (Phi) is 5.30. The number of hydrogen-bond acceptors (Lipinski definition) is 5. The highest BCUT2D eigenvalue weighted by Crippen LogP contribution is 2.27. The molecule has 134 valence electrons. The Bertz CT molecular complexity index is 820. The van der Waals surface area contributed by atoms with Crippen LogP contribution in [0.5, 0.6) is 5.75 Å². The molecule has 2 rings (SSSR count). The van der Waals surface area contributed by atoms with Crippen molar-refractivity contribution >= 4 is 17.3 Å². The van der Waals surface area contributed by atoms with E-state index < -0.39 is 17.4 Å². The van der Waals surface area contributed by atoms with E-state index in [1.54, 1.807) is 13.0 Å². The third-order valence-electron chi connectivity index (χ3n) is 3.45. The second-order valence-electron chi connectivity index (χ2n) is 5.36. The van der Waals surface area contributed by atoms with Crippen LogP contribution in [0, 0.1) is 30.9 Å². The van der Waals surface area contributed by atoms with Gasteiger partial charge in [0.05, 0.1) is 10.6 Å². The molecular formula is C15H16F2N4O4. The summed E-state index contributed by atoms with van der Waals surface area (Å²) in [6.45, 7) is 1.30. The maximum Gasteiger partial charge on any atom is 0.387 e. The van der Waals surface area contributed by atoms with Crippen LogP contribution >= 0.6 is 0 Å². The number of carbonyl (C=O) groups excluding carboxylic acids is 1. The summed E-state index contributed by atoms with van der Waals surface area (Å²) in [5, 5.41) is 17.4. The lowest BCUT2D eigenvalue weighted by Gasteiger charge is -2.13. The van der Waals surface area contributed by atoms with Gasteiger partial charge in [-0.25, -0.2) is 0 Å². The van der Waals surface area contributed by atoms with Crippen molar-refractivity contribution in [2.45, 2.75) is 33.9 Å². The molecule has 25 heavy (non-hydrogen) atoms. The van der Waals surface area contributed by atoms with Gasteiger partial charge in [-0.2, -0.15) is 13.9 Å². The second kappa shape index (κ2) is 7.24. The standard InChI is InChI=1S/C15H16F2N4O4/c1-8-4-5-11(12(6-8)25-15(16)17)18-13(22)7-20-10(3)14(21(23)24)9(2)19-20/h4-6,15H,7H2,1-3H3,(H,18,22). The fourth-order valence-electron chi connectivity index (χ4n) is 2.36. The summed E-state index contributed by atoms with van der Waals surface area (Å²) < 4.78 is 30.5. The number of halogens is 2. The summed E-state index contributed by atoms with van der Waals surface area (Å²) in [6.07, 6.45) is 0. The van der Waals surface area contributed by atoms with Gasteiger partial charge in [-0.05, 0) is 38.5 Å². The second-order valence-corrected chi connectivity index (χ2v) is 5.36. The maximum atomic E-state index is 12.5. The monoisotopic (exact) mass is 354 g/mol. The summed E-state index contributed by atoms with van der Waals surface area (Å²) in [4.78, 5) is 22.6. The molecular weight excluding hydrogens is 338 g/mol. The van der Waals surface area contributed by atoms with Gasteiger partial charge < -0.3 is 10.1 Å². The zero-order valence-corrected chi connectivity index (χ0v) is 13.7. The fraction of sp³-hybridized carbons (Fsp3) is 0.333. The van der Waals surface area contributed by atoms with Crippen LogP contribution in [-0.2, 0) is 11.3 Å². The molecule has 0 unspecified atom stereocenters. The number of carbonyl (C=O) groups is 1. The van der Waals surface area contributed by atoms with E-state index in [0.29, 0.717) is 5.56 Å². The van der Waals surface area contributed by atoms with Crippen LogP contribution in [0.4, 0.5) is 20.2 Å². The van der Waals surface area contributed by atoms with Crippen LogP contribution in [0.2, 0.25) is 0 Å². The Morgan fingerprint density at radius 3 is 2.64 bits per heavy atom. The lowest BCUT2D eigenvalue weighted by molar-refractivity contribution is -0.386. The Hall–Kier alpha value is -3.04. The fourth-order valence-corrected chi connectivity index (χ4v) is 2.36. The summed E-state index contributed by atoms with van der Waals surface area (Å²) in [5.74, 6) is -0.744. The molecule has 1 N–H and O–H groups in total. The zero-order chi connectivity index (χ0) is 18.7. The molecule has 0 aliphatic rings. The Labute approximate surface area is 141 Å². The minimum atomic E-state index is -3.03. The van der Waals surface area contributed by atoms with Gasteiger partial charge in [-0.1, -0.05) is 6.07 Å². The number of benzene rings is 1. The molecule has 1 amide bonds. The molecule has 0 saturated heterocycles. The summed E-state index contributed by atoms with van der Waals surface area (Å²) in [6, 6.07) is 4.44. The van der Waals surface area contributed by atoms with E-state index in [4.69, 9.17) is 0 Å². The molecule has 1 aromatic heterocycles. The van der Waals surface area contributed by atoms with E-state index in [1.165, 1.54) is 30.7 Å². The normalized spacial score (nSPS) is 10.8. The third kappa shape index (κ3) is 4.28. The van der Waals surface area contributed by atoms with Crippen LogP contribution in [0.25, 0.3) is 0 Å². The number of nitrogens with zero attached hydrogens (tertiary/aromatic N) is 3. The number of nitrogens with one attached hydrogen (secondary N) is 1. The lowest BCUT2D eigenvalue weighted by Crippen LogP contribution is -2.21. The number of nitro groups is 1. The van der Waals surface area contributed by atoms with E-state index in [-0.39, 0.29) is 35.1 Å². The topological polar surface area (TPSA) is 99.3 Å². The Morgan fingerprint density at radius 1 is 1.40 bits per heavy atom. The molecule has 0 saturated carbocycles. The van der Waals surface area contributed by atoms with Crippen molar-refractivity contribution < 1.29 is 23.2 Å². The summed E-state index contributed by atoms with van der Waals surface area (Å²) >= 11 is 0. The van der Waals surface area contributed by atoms with Gasteiger partial charge in [0.25, 0.3) is 0 Å². The van der Waals surface area contributed by atoms with E-state index >= 15 is 0 Å². The SMILES string of the molecule is Cc1ccc(NC(=O)Cn2nc(C)c([N+](=O)[O-])c2C)c(OC(F)F)c1. The van der Waals surface area contributed by atoms with Crippen molar-refractivity contribution in [1.29, 1.82) is 0 Å². The molecule has 1 heterocycles. The van der Waals surface area contributed by atoms with Gasteiger partial charge >= 0.3 is 12.3 Å². The first-order valence-corrected chi connectivity index (χ1v) is 7.22. The highest BCUT2D eigenvalue weighted by molar-refractivity contribution is 5.92. The molecule has 1 aromatic carbocycles. The number of amides is 1. The number of rotatable bonds is 6. The van der Waals surface area contributed by atoms with Crippen molar-refractivity contribution in [2.75, 3.05) is 5.32 Å². The molecule has 10 heteroatoms. The van der Waals surface area contributed by atoms with Gasteiger partial charge in [-0.3, -0.25) is 19.6 Å². The minimum absolute atomic E-state index is 0.0759. The molecule has 0 spiro atoms. The number of aromatic nitrogens is 2. The number of hydrogen-bond donors (Lipinski definition) is 1. The molecule has 0 bridgehead atoms. The molecule has 2 aromatic rings. The van der Waals surface area contributed by atoms with Crippen molar-refractivity contribution in [2.24, 2.45) is 0 Å². The summed E-state index contributed by atoms with van der Waals surface area (Å²) in [7, 11) is 0. The number of ether oxygens (including phenoxy) is 1. The first kappa shape index (κ1) is 18.3. The van der Waals surface area contributed by atoms with E-state index in [9.17, 15) is 23.7 Å². The summed E-state index contributed by atoms with van der Waals surface area (Å²) in [5.41, 5.74) is 1.01. The van der Waals surface area contributed by atoms with E-state index in [2.05, 4.69) is 15.2 Å². The highest BCUT2D eigenvalue weighted by atomic mass is 19.3. The van der Waals surface area contributed by atoms with Gasteiger partial charge in [0.15, 0.2) is 0 Å². The van der Waals surface area contributed by atoms with Crippen LogP contribution in [-0.4, -0.2) is 27.2 Å². The predicted molar refractivity (Wildman–Crippen MR) is 84.8 cm³/mol.